The van der Waals surface area contributed by atoms with Gasteiger partial charge in [0.15, 0.2) is 0 Å². The standard InChI is InChI=1S/C17H22N4O4S/c1-4-11(2)13-5-7-14(8-6-13)26(24,25)21-10-16-19-18-12(3)20(16)9-15(21)17(22)23/h5-8,11,15H,4,9-10H2,1-3H3,(H,22,23). The second kappa shape index (κ2) is 6.81. The smallest absolute Gasteiger partial charge is 0.323 e. The van der Waals surface area contributed by atoms with Crippen molar-refractivity contribution >= 4 is 16.0 Å². The monoisotopic (exact) mass is 378 g/mol. The molecule has 2 heterocycles. The quantitative estimate of drug-likeness (QED) is 0.850. The molecule has 0 fully saturated rings. The number of rotatable bonds is 5. The van der Waals surface area contributed by atoms with Gasteiger partial charge in [-0.3, -0.25) is 4.79 Å². The van der Waals surface area contributed by atoms with Crippen molar-refractivity contribution in [2.75, 3.05) is 0 Å². The summed E-state index contributed by atoms with van der Waals surface area (Å²) in [5.74, 6) is 0.152. The molecule has 0 bridgehead atoms. The van der Waals surface area contributed by atoms with Gasteiger partial charge >= 0.3 is 5.97 Å². The maximum Gasteiger partial charge on any atom is 0.323 e. The second-order valence-corrected chi connectivity index (χ2v) is 8.45. The SMILES string of the molecule is CCC(C)c1ccc(S(=O)(=O)N2Cc3nnc(C)n3CC2C(=O)O)cc1. The zero-order valence-corrected chi connectivity index (χ0v) is 15.8. The van der Waals surface area contributed by atoms with E-state index in [4.69, 9.17) is 0 Å². The van der Waals surface area contributed by atoms with Gasteiger partial charge in [-0.1, -0.05) is 26.0 Å². The number of sulfonamides is 1. The van der Waals surface area contributed by atoms with Crippen LogP contribution in [0.15, 0.2) is 29.2 Å². The first-order chi connectivity index (χ1) is 12.3. The molecule has 26 heavy (non-hydrogen) atoms. The highest BCUT2D eigenvalue weighted by molar-refractivity contribution is 7.89. The molecule has 2 unspecified atom stereocenters. The zero-order valence-electron chi connectivity index (χ0n) is 15.0. The molecular formula is C17H22N4O4S. The van der Waals surface area contributed by atoms with E-state index in [1.807, 2.05) is 0 Å². The van der Waals surface area contributed by atoms with Crippen molar-refractivity contribution in [2.24, 2.45) is 0 Å². The molecule has 0 aliphatic carbocycles. The maximum absolute atomic E-state index is 13.1. The summed E-state index contributed by atoms with van der Waals surface area (Å²) in [5, 5.41) is 17.5. The molecule has 8 nitrogen and oxygen atoms in total. The fourth-order valence-electron chi connectivity index (χ4n) is 3.09. The predicted molar refractivity (Wildman–Crippen MR) is 94.1 cm³/mol. The van der Waals surface area contributed by atoms with Gasteiger partial charge in [-0.2, -0.15) is 4.31 Å². The molecule has 0 spiro atoms. The van der Waals surface area contributed by atoms with E-state index in [1.54, 1.807) is 35.8 Å². The molecule has 2 aromatic rings. The Labute approximate surface area is 152 Å². The lowest BCUT2D eigenvalue weighted by Gasteiger charge is -2.32. The molecule has 1 N–H and O–H groups in total. The van der Waals surface area contributed by atoms with Gasteiger partial charge in [-0.15, -0.1) is 10.2 Å². The average molecular weight is 378 g/mol. The molecule has 0 amide bonds. The van der Waals surface area contributed by atoms with Gasteiger partial charge in [0.1, 0.15) is 17.7 Å². The number of carboxylic acids is 1. The van der Waals surface area contributed by atoms with E-state index in [1.165, 1.54) is 0 Å². The lowest BCUT2D eigenvalue weighted by molar-refractivity contribution is -0.142. The molecule has 1 aromatic heterocycles. The van der Waals surface area contributed by atoms with Crippen molar-refractivity contribution in [3.63, 3.8) is 0 Å². The highest BCUT2D eigenvalue weighted by Gasteiger charge is 2.41. The average Bonchev–Trinajstić information content (AvgIpc) is 3.00. The topological polar surface area (TPSA) is 105 Å². The molecule has 1 aliphatic rings. The Morgan fingerprint density at radius 2 is 1.96 bits per heavy atom. The van der Waals surface area contributed by atoms with Gasteiger partial charge < -0.3 is 9.67 Å². The van der Waals surface area contributed by atoms with E-state index in [2.05, 4.69) is 24.0 Å². The zero-order chi connectivity index (χ0) is 19.1. The molecule has 2 atom stereocenters. The van der Waals surface area contributed by atoms with E-state index in [0.29, 0.717) is 17.6 Å². The number of hydrogen-bond donors (Lipinski definition) is 1. The first-order valence-electron chi connectivity index (χ1n) is 8.49. The molecule has 0 radical (unpaired) electrons. The first-order valence-corrected chi connectivity index (χ1v) is 9.93. The van der Waals surface area contributed by atoms with Crippen LogP contribution in [0.3, 0.4) is 0 Å². The van der Waals surface area contributed by atoms with Gasteiger partial charge in [0, 0.05) is 0 Å². The molecule has 1 aromatic carbocycles. The third kappa shape index (κ3) is 3.12. The molecule has 3 rings (SSSR count). The Kier molecular flexibility index (Phi) is 4.85. The van der Waals surface area contributed by atoms with Crippen LogP contribution in [-0.4, -0.2) is 44.6 Å². The van der Waals surface area contributed by atoms with Crippen LogP contribution in [0.1, 0.15) is 43.4 Å². The molecular weight excluding hydrogens is 356 g/mol. The maximum atomic E-state index is 13.1. The summed E-state index contributed by atoms with van der Waals surface area (Å²) in [6.07, 6.45) is 0.953. The summed E-state index contributed by atoms with van der Waals surface area (Å²) in [4.78, 5) is 11.8. The fourth-order valence-corrected chi connectivity index (χ4v) is 4.61. The van der Waals surface area contributed by atoms with Gasteiger partial charge in [0.2, 0.25) is 10.0 Å². The minimum atomic E-state index is -3.97. The highest BCUT2D eigenvalue weighted by Crippen LogP contribution is 2.27. The Bertz CT molecular complexity index is 921. The van der Waals surface area contributed by atoms with Crippen LogP contribution in [0.25, 0.3) is 0 Å². The number of aliphatic carboxylic acids is 1. The summed E-state index contributed by atoms with van der Waals surface area (Å²) in [6.45, 7) is 5.73. The lowest BCUT2D eigenvalue weighted by Crippen LogP contribution is -2.50. The normalized spacial score (nSPS) is 19.1. The summed E-state index contributed by atoms with van der Waals surface area (Å²) in [7, 11) is -3.97. The number of carboxylic acid groups (broad SMARTS) is 1. The van der Waals surface area contributed by atoms with Crippen molar-refractivity contribution in [1.82, 2.24) is 19.1 Å². The van der Waals surface area contributed by atoms with Crippen molar-refractivity contribution in [1.29, 1.82) is 0 Å². The number of benzene rings is 1. The van der Waals surface area contributed by atoms with Crippen LogP contribution in [0, 0.1) is 6.92 Å². The molecule has 9 heteroatoms. The van der Waals surface area contributed by atoms with E-state index in [9.17, 15) is 18.3 Å². The van der Waals surface area contributed by atoms with Crippen LogP contribution in [0.4, 0.5) is 0 Å². The van der Waals surface area contributed by atoms with E-state index in [-0.39, 0.29) is 18.0 Å². The number of carbonyl (C=O) groups is 1. The number of aromatic nitrogens is 3. The lowest BCUT2D eigenvalue weighted by atomic mass is 9.99. The fraction of sp³-hybridized carbons (Fsp3) is 0.471. The molecule has 0 saturated heterocycles. The van der Waals surface area contributed by atoms with E-state index in [0.717, 1.165) is 16.3 Å². The van der Waals surface area contributed by atoms with Crippen LogP contribution in [0.2, 0.25) is 0 Å². The molecule has 0 saturated carbocycles. The van der Waals surface area contributed by atoms with Crippen LogP contribution in [-0.2, 0) is 27.9 Å². The summed E-state index contributed by atoms with van der Waals surface area (Å²) >= 11 is 0. The predicted octanol–water partition coefficient (Wildman–Crippen LogP) is 1.76. The molecule has 140 valence electrons. The third-order valence-electron chi connectivity index (χ3n) is 4.97. The van der Waals surface area contributed by atoms with Crippen LogP contribution in [0.5, 0.6) is 0 Å². The Morgan fingerprint density at radius 1 is 1.31 bits per heavy atom. The minimum Gasteiger partial charge on any atom is -0.480 e. The van der Waals surface area contributed by atoms with Crippen LogP contribution >= 0.6 is 0 Å². The summed E-state index contributed by atoms with van der Waals surface area (Å²) < 4.78 is 28.8. The van der Waals surface area contributed by atoms with Crippen molar-refractivity contribution in [3.8, 4) is 0 Å². The van der Waals surface area contributed by atoms with Crippen LogP contribution < -0.4 is 0 Å². The minimum absolute atomic E-state index is 0.00627. The number of aryl methyl sites for hydroxylation is 1. The second-order valence-electron chi connectivity index (χ2n) is 6.56. The molecule has 1 aliphatic heterocycles. The highest BCUT2D eigenvalue weighted by atomic mass is 32.2. The first kappa shape index (κ1) is 18.5. The van der Waals surface area contributed by atoms with Crippen molar-refractivity contribution < 1.29 is 18.3 Å². The number of nitrogens with zero attached hydrogens (tertiary/aromatic N) is 4. The van der Waals surface area contributed by atoms with E-state index >= 15 is 0 Å². The summed E-state index contributed by atoms with van der Waals surface area (Å²) in [5.41, 5.74) is 1.05. The Balaban J connectivity index is 1.98. The number of fused-ring (bicyclic) bond motifs is 1. The third-order valence-corrected chi connectivity index (χ3v) is 6.83. The van der Waals surface area contributed by atoms with Gasteiger partial charge in [0.25, 0.3) is 0 Å². The van der Waals surface area contributed by atoms with Gasteiger partial charge in [-0.05, 0) is 37.0 Å². The largest absolute Gasteiger partial charge is 0.480 e. The van der Waals surface area contributed by atoms with Crippen molar-refractivity contribution in [2.45, 2.75) is 57.1 Å². The Hall–Kier alpha value is -2.26. The van der Waals surface area contributed by atoms with Crippen molar-refractivity contribution in [3.05, 3.63) is 41.5 Å². The Morgan fingerprint density at radius 3 is 2.54 bits per heavy atom. The summed E-state index contributed by atoms with van der Waals surface area (Å²) in [6, 6.07) is 5.46. The van der Waals surface area contributed by atoms with Gasteiger partial charge in [-0.25, -0.2) is 8.42 Å². The number of hydrogen-bond acceptors (Lipinski definition) is 5. The van der Waals surface area contributed by atoms with E-state index < -0.39 is 22.0 Å². The van der Waals surface area contributed by atoms with Gasteiger partial charge in [0.05, 0.1) is 18.0 Å².